The van der Waals surface area contributed by atoms with Gasteiger partial charge in [-0.25, -0.2) is 14.4 Å². The number of rotatable bonds is 7. The summed E-state index contributed by atoms with van der Waals surface area (Å²) in [7, 11) is 0. The number of fused-ring (bicyclic) bond motifs is 6. The summed E-state index contributed by atoms with van der Waals surface area (Å²) >= 11 is 0. The molecule has 50 heavy (non-hydrogen) atoms. The number of alkyl halides is 4. The summed E-state index contributed by atoms with van der Waals surface area (Å²) in [5.41, 5.74) is 1.93. The second-order valence-electron chi connectivity index (χ2n) is 11.5. The molecule has 2 N–H and O–H groups in total. The van der Waals surface area contributed by atoms with Crippen LogP contribution in [0.4, 0.5) is 22.0 Å². The molecular formula is C37H36F5N2NdO5. The molecule has 1 saturated heterocycles. The van der Waals surface area contributed by atoms with Crippen molar-refractivity contribution in [2.24, 2.45) is 0 Å². The van der Waals surface area contributed by atoms with E-state index >= 15 is 4.39 Å². The van der Waals surface area contributed by atoms with E-state index in [4.69, 9.17) is 11.3 Å². The monoisotopic (exact) mass is 825 g/mol. The Morgan fingerprint density at radius 2 is 1.80 bits per heavy atom. The molecule has 1 fully saturated rings. The van der Waals surface area contributed by atoms with E-state index < -0.39 is 53.7 Å². The van der Waals surface area contributed by atoms with Crippen LogP contribution in [0.2, 0.25) is 0 Å². The maximum absolute atomic E-state index is 15.1. The first-order valence-corrected chi connectivity index (χ1v) is 14.9. The van der Waals surface area contributed by atoms with Gasteiger partial charge in [-0.1, -0.05) is 30.2 Å². The second-order valence-corrected chi connectivity index (χ2v) is 11.5. The van der Waals surface area contributed by atoms with Crippen LogP contribution < -0.4 is 10.1 Å². The number of likely N-dealkylation sites (tertiary alicyclic amines) is 1. The Kier molecular flexibility index (Phi) is 15.8. The zero-order valence-corrected chi connectivity index (χ0v) is 30.8. The number of aryl methyl sites for hydroxylation is 2. The minimum absolute atomic E-state index is 0. The van der Waals surface area contributed by atoms with E-state index in [2.05, 4.69) is 5.32 Å². The summed E-state index contributed by atoms with van der Waals surface area (Å²) in [6, 6.07) is 14.9. The number of carbonyl (C=O) groups is 3. The average Bonchev–Trinajstić information content (AvgIpc) is 2.98. The van der Waals surface area contributed by atoms with Gasteiger partial charge in [-0.05, 0) is 67.8 Å². The molecule has 1 radical (unpaired) electrons. The fourth-order valence-electron chi connectivity index (χ4n) is 5.42. The van der Waals surface area contributed by atoms with E-state index in [9.17, 15) is 37.1 Å². The number of benzene rings is 3. The SMILES string of the molecule is Cc1cc2cc(c1F)[C@H](CC(=O)O)NC(=O)[CH-]c1cccc(c1)Oc1cccc(C)c1-2.[CH-]=C(CCN1CC(F)C1)/C(=C\C=O)C(F)(F)F.[CH3-].[Nd+3]. The van der Waals surface area contributed by atoms with Crippen molar-refractivity contribution in [1.82, 2.24) is 10.2 Å². The van der Waals surface area contributed by atoms with Gasteiger partial charge in [0.2, 0.25) is 0 Å². The van der Waals surface area contributed by atoms with E-state index in [1.807, 2.05) is 25.1 Å². The van der Waals surface area contributed by atoms with Crippen LogP contribution >= 0.6 is 0 Å². The molecule has 0 aromatic heterocycles. The average molecular weight is 828 g/mol. The maximum Gasteiger partial charge on any atom is 3.00 e. The van der Waals surface area contributed by atoms with Crippen molar-refractivity contribution >= 4 is 18.2 Å². The number of aldehydes is 1. The van der Waals surface area contributed by atoms with Crippen LogP contribution in [0.5, 0.6) is 11.5 Å². The molecule has 4 bridgehead atoms. The largest absolute Gasteiger partial charge is 3.00 e. The third kappa shape index (κ3) is 11.2. The summed E-state index contributed by atoms with van der Waals surface area (Å²) in [6.07, 6.45) is -4.22. The molecule has 2 aliphatic heterocycles. The van der Waals surface area contributed by atoms with Gasteiger partial charge >= 0.3 is 53.0 Å². The van der Waals surface area contributed by atoms with Crippen molar-refractivity contribution in [2.45, 2.75) is 45.1 Å². The zero-order valence-electron chi connectivity index (χ0n) is 27.6. The third-order valence-electron chi connectivity index (χ3n) is 7.76. The van der Waals surface area contributed by atoms with Crippen molar-refractivity contribution < 1.29 is 87.0 Å². The van der Waals surface area contributed by atoms with Crippen LogP contribution in [0.3, 0.4) is 0 Å². The van der Waals surface area contributed by atoms with Crippen LogP contribution in [0, 0.1) is 80.9 Å². The fourth-order valence-corrected chi connectivity index (χ4v) is 5.42. The summed E-state index contributed by atoms with van der Waals surface area (Å²) < 4.78 is 71.0. The van der Waals surface area contributed by atoms with Gasteiger partial charge in [0.1, 0.15) is 24.0 Å². The minimum Gasteiger partial charge on any atom is -0.481 e. The van der Waals surface area contributed by atoms with Gasteiger partial charge in [0.25, 0.3) is 0 Å². The third-order valence-corrected chi connectivity index (χ3v) is 7.76. The smallest absolute Gasteiger partial charge is 0.481 e. The number of carbonyl (C=O) groups excluding carboxylic acids is 2. The number of nitrogens with one attached hydrogen (secondary N) is 1. The van der Waals surface area contributed by atoms with Crippen LogP contribution in [-0.2, 0) is 14.4 Å². The molecule has 0 aliphatic carbocycles. The van der Waals surface area contributed by atoms with E-state index in [1.54, 1.807) is 48.2 Å². The Bertz CT molecular complexity index is 1740. The molecule has 2 aliphatic rings. The number of hydrogen-bond donors (Lipinski definition) is 2. The Hall–Kier alpha value is -3.62. The first-order chi connectivity index (χ1) is 22.7. The molecule has 3 aromatic rings. The van der Waals surface area contributed by atoms with E-state index in [0.29, 0.717) is 34.3 Å². The van der Waals surface area contributed by atoms with Gasteiger partial charge in [-0.15, -0.1) is 12.1 Å². The number of halogens is 5. The van der Waals surface area contributed by atoms with Gasteiger partial charge in [0.05, 0.1) is 18.2 Å². The summed E-state index contributed by atoms with van der Waals surface area (Å²) in [5.74, 6) is -1.06. The number of allylic oxidation sites excluding steroid dienone is 2. The van der Waals surface area contributed by atoms with Gasteiger partial charge in [0.15, 0.2) is 5.91 Å². The van der Waals surface area contributed by atoms with Crippen LogP contribution in [0.1, 0.15) is 41.1 Å². The number of aliphatic carboxylic acids is 1. The van der Waals surface area contributed by atoms with Crippen molar-refractivity contribution in [3.8, 4) is 22.6 Å². The standard InChI is InChI=1S/C25H21FNO4.C11H12F4NO.CH3.Nd/c1-14-5-3-8-21-24(14)17-9-15(2)25(26)19(12-17)20(13-23(29)30)27-22(28)11-16-6-4-7-18(10-16)31-21;1-8(2-4-16-6-9(12)7-16)10(3-5-17)11(13,14)15;;/h3-12,20H,13H2,1-2H3,(H,27,28)(H,29,30);1,3,5,9H,2,4,6-7H2;1H3;/q3*-1;+3/b;10-3+;;/t20-;;;/m0.../s1. The Balaban J connectivity index is 0.000000392. The first-order valence-electron chi connectivity index (χ1n) is 14.9. The van der Waals surface area contributed by atoms with Gasteiger partial charge in [0, 0.05) is 24.2 Å². The summed E-state index contributed by atoms with van der Waals surface area (Å²) in [4.78, 5) is 35.9. The predicted octanol–water partition coefficient (Wildman–Crippen LogP) is 7.63. The fraction of sp³-hybridized carbons (Fsp3) is 0.270. The number of nitrogens with zero attached hydrogens (tertiary/aromatic N) is 1. The van der Waals surface area contributed by atoms with E-state index in [-0.39, 0.29) is 86.2 Å². The Morgan fingerprint density at radius 1 is 1.12 bits per heavy atom. The van der Waals surface area contributed by atoms with Crippen LogP contribution in [0.25, 0.3) is 11.1 Å². The summed E-state index contributed by atoms with van der Waals surface area (Å²) in [6.45, 7) is 9.57. The number of ether oxygens (including phenoxy) is 1. The molecule has 0 spiro atoms. The quantitative estimate of drug-likeness (QED) is 0.0837. The van der Waals surface area contributed by atoms with Crippen molar-refractivity contribution in [3.05, 3.63) is 120 Å². The van der Waals surface area contributed by atoms with Crippen molar-refractivity contribution in [3.63, 3.8) is 0 Å². The topological polar surface area (TPSA) is 95.9 Å². The molecule has 2 heterocycles. The van der Waals surface area contributed by atoms with Crippen LogP contribution in [0.15, 0.2) is 71.8 Å². The zero-order chi connectivity index (χ0) is 35.2. The molecule has 3 aromatic carbocycles. The maximum atomic E-state index is 15.1. The van der Waals surface area contributed by atoms with Crippen LogP contribution in [-0.4, -0.2) is 60.2 Å². The summed E-state index contributed by atoms with van der Waals surface area (Å²) in [5, 5.41) is 12.0. The van der Waals surface area contributed by atoms with Gasteiger partial charge in [-0.3, -0.25) is 21.1 Å². The van der Waals surface area contributed by atoms with E-state index in [1.165, 1.54) is 6.42 Å². The number of hydrogen-bond acceptors (Lipinski definition) is 5. The molecule has 1 amide bonds. The number of carboxylic acid groups (broad SMARTS) is 1. The van der Waals surface area contributed by atoms with E-state index in [0.717, 1.165) is 11.1 Å². The predicted molar refractivity (Wildman–Crippen MR) is 175 cm³/mol. The molecule has 0 unspecified atom stereocenters. The van der Waals surface area contributed by atoms with Gasteiger partial charge in [-0.2, -0.15) is 24.8 Å². The molecule has 1 atom stereocenters. The Morgan fingerprint density at radius 3 is 2.42 bits per heavy atom. The molecule has 7 nitrogen and oxygen atoms in total. The van der Waals surface area contributed by atoms with Crippen molar-refractivity contribution in [2.75, 3.05) is 19.6 Å². The minimum atomic E-state index is -4.64. The first kappa shape index (κ1) is 42.5. The molecular weight excluding hydrogens is 792 g/mol. The van der Waals surface area contributed by atoms with Crippen molar-refractivity contribution in [1.29, 1.82) is 0 Å². The number of carboxylic acids is 1. The molecule has 5 rings (SSSR count). The van der Waals surface area contributed by atoms with Gasteiger partial charge < -0.3 is 27.4 Å². The normalized spacial score (nSPS) is 15.9. The second kappa shape index (κ2) is 18.6. The molecule has 0 saturated carbocycles. The molecule has 263 valence electrons. The Labute approximate surface area is 321 Å². The number of amides is 1. The molecule has 13 heteroatoms.